The number of hydrogen-bond donors (Lipinski definition) is 1. The van der Waals surface area contributed by atoms with Crippen LogP contribution in [0.4, 0.5) is 0 Å². The van der Waals surface area contributed by atoms with Gasteiger partial charge in [0.1, 0.15) is 17.5 Å². The van der Waals surface area contributed by atoms with Crippen molar-refractivity contribution in [3.05, 3.63) is 28.9 Å². The van der Waals surface area contributed by atoms with Gasteiger partial charge in [-0.15, -0.1) is 0 Å². The normalized spacial score (nSPS) is 18.5. The molecule has 3 aromatic heterocycles. The van der Waals surface area contributed by atoms with Gasteiger partial charge in [0.15, 0.2) is 22.4 Å². The number of furan rings is 1. The van der Waals surface area contributed by atoms with Crippen LogP contribution in [0.5, 0.6) is 0 Å². The van der Waals surface area contributed by atoms with Crippen LogP contribution in [0, 0.1) is 24.7 Å². The third kappa shape index (κ3) is 3.91. The van der Waals surface area contributed by atoms with Crippen LogP contribution in [0.15, 0.2) is 16.5 Å². The van der Waals surface area contributed by atoms with Gasteiger partial charge in [-0.05, 0) is 37.8 Å². The van der Waals surface area contributed by atoms with E-state index in [1.54, 1.807) is 10.6 Å². The molecule has 1 N–H and O–H groups in total. The number of aryl methyl sites for hydroxylation is 1. The van der Waals surface area contributed by atoms with E-state index in [2.05, 4.69) is 26.8 Å². The molecule has 0 bridgehead atoms. The first-order chi connectivity index (χ1) is 14.5. The van der Waals surface area contributed by atoms with Crippen LogP contribution in [-0.2, 0) is 9.53 Å². The van der Waals surface area contributed by atoms with Crippen molar-refractivity contribution in [2.24, 2.45) is 5.92 Å². The summed E-state index contributed by atoms with van der Waals surface area (Å²) in [7, 11) is 0. The minimum atomic E-state index is -0.880. The maximum absolute atomic E-state index is 11.4. The third-order valence-electron chi connectivity index (χ3n) is 4.90. The zero-order chi connectivity index (χ0) is 21.3. The molecule has 0 radical (unpaired) electrons. The second-order valence-corrected chi connectivity index (χ2v) is 7.54. The van der Waals surface area contributed by atoms with Gasteiger partial charge in [0.05, 0.1) is 6.42 Å². The van der Waals surface area contributed by atoms with E-state index < -0.39 is 12.2 Å². The molecule has 0 saturated carbocycles. The summed E-state index contributed by atoms with van der Waals surface area (Å²) in [5.41, 5.74) is 0.841. The van der Waals surface area contributed by atoms with Crippen molar-refractivity contribution in [1.29, 1.82) is 0 Å². The largest absolute Gasteiger partial charge is 0.481 e. The number of nitrogens with zero attached hydrogens (tertiary/aromatic N) is 4. The Morgan fingerprint density at radius 3 is 2.90 bits per heavy atom. The van der Waals surface area contributed by atoms with E-state index in [9.17, 15) is 9.90 Å². The van der Waals surface area contributed by atoms with Crippen LogP contribution < -0.4 is 0 Å². The van der Waals surface area contributed by atoms with E-state index in [4.69, 9.17) is 20.8 Å². The highest BCUT2D eigenvalue weighted by Gasteiger charge is 2.36. The lowest BCUT2D eigenvalue weighted by atomic mass is 10.0. The summed E-state index contributed by atoms with van der Waals surface area (Å²) in [6, 6.07) is 3.63. The molecule has 9 heteroatoms. The Morgan fingerprint density at radius 1 is 1.37 bits per heavy atom. The van der Waals surface area contributed by atoms with Crippen molar-refractivity contribution in [3.8, 4) is 23.4 Å². The summed E-state index contributed by atoms with van der Waals surface area (Å²) in [6.07, 6.45) is 1.68. The summed E-state index contributed by atoms with van der Waals surface area (Å²) in [5.74, 6) is 6.84. The Morgan fingerprint density at radius 2 is 2.20 bits per heavy atom. The van der Waals surface area contributed by atoms with Crippen molar-refractivity contribution in [3.63, 3.8) is 0 Å². The summed E-state index contributed by atoms with van der Waals surface area (Å²) in [4.78, 5) is 24.9. The molecule has 1 aliphatic rings. The smallest absolute Gasteiger partial charge is 0.303 e. The molecule has 30 heavy (non-hydrogen) atoms. The monoisotopic (exact) mass is 428 g/mol. The highest BCUT2D eigenvalue weighted by Crippen LogP contribution is 2.39. The topological polar surface area (TPSA) is 103 Å². The number of carbonyl (C=O) groups is 1. The molecule has 0 amide bonds. The number of carboxylic acids is 1. The first kappa shape index (κ1) is 20.4. The van der Waals surface area contributed by atoms with Crippen LogP contribution in [0.3, 0.4) is 0 Å². The van der Waals surface area contributed by atoms with Crippen LogP contribution in [0.1, 0.15) is 50.4 Å². The second kappa shape index (κ2) is 8.46. The highest BCUT2D eigenvalue weighted by atomic mass is 35.5. The number of rotatable bonds is 5. The molecule has 2 atom stereocenters. The van der Waals surface area contributed by atoms with E-state index in [-0.39, 0.29) is 23.3 Å². The molecular formula is C21H21ClN4O4. The van der Waals surface area contributed by atoms with Crippen LogP contribution in [-0.4, -0.2) is 37.2 Å². The van der Waals surface area contributed by atoms with Crippen LogP contribution >= 0.6 is 11.6 Å². The molecule has 1 aliphatic heterocycles. The quantitative estimate of drug-likeness (QED) is 0.479. The Bertz CT molecular complexity index is 1160. The first-order valence-corrected chi connectivity index (χ1v) is 10.2. The molecular weight excluding hydrogens is 408 g/mol. The van der Waals surface area contributed by atoms with Gasteiger partial charge >= 0.3 is 5.97 Å². The SMILES string of the molecule is CCCC#Cc1nc(Cl)c2nc(-c3ccc(C)o3)n([C@@H]3OCC[C@@H]3CC(=O)O)c2n1. The Hall–Kier alpha value is -2.89. The molecule has 4 heterocycles. The lowest BCUT2D eigenvalue weighted by Crippen LogP contribution is -2.19. The average molecular weight is 429 g/mol. The maximum atomic E-state index is 11.4. The molecule has 8 nitrogen and oxygen atoms in total. The standard InChI is InChI=1S/C21H21ClN4O4/c1-3-4-5-6-15-23-18(22)17-20(24-15)26(19(25-17)14-8-7-12(2)30-14)21-13(9-10-29-21)11-16(27)28/h7-8,13,21H,3-4,9-11H2,1-2H3,(H,27,28)/t13-,21-/m1/s1. The first-order valence-electron chi connectivity index (χ1n) is 9.82. The minimum Gasteiger partial charge on any atom is -0.481 e. The molecule has 156 valence electrons. The van der Waals surface area contributed by atoms with Gasteiger partial charge in [0.25, 0.3) is 0 Å². The number of carboxylic acid groups (broad SMARTS) is 1. The second-order valence-electron chi connectivity index (χ2n) is 7.19. The Balaban J connectivity index is 1.92. The maximum Gasteiger partial charge on any atom is 0.303 e. The fourth-order valence-electron chi connectivity index (χ4n) is 3.56. The van der Waals surface area contributed by atoms with Crippen LogP contribution in [0.2, 0.25) is 5.15 Å². The predicted octanol–water partition coefficient (Wildman–Crippen LogP) is 4.21. The highest BCUT2D eigenvalue weighted by molar-refractivity contribution is 6.33. The van der Waals surface area contributed by atoms with Gasteiger partial charge in [0, 0.05) is 18.9 Å². The van der Waals surface area contributed by atoms with E-state index in [0.717, 1.165) is 18.6 Å². The Labute approximate surface area is 178 Å². The zero-order valence-corrected chi connectivity index (χ0v) is 17.4. The fourth-order valence-corrected chi connectivity index (χ4v) is 3.77. The number of ether oxygens (including phenoxy) is 1. The number of imidazole rings is 1. The number of halogens is 1. The van der Waals surface area contributed by atoms with Gasteiger partial charge in [-0.2, -0.15) is 0 Å². The molecule has 0 aliphatic carbocycles. The molecule has 4 rings (SSSR count). The van der Waals surface area contributed by atoms with Crippen molar-refractivity contribution in [1.82, 2.24) is 19.5 Å². The van der Waals surface area contributed by atoms with Crippen molar-refractivity contribution in [2.45, 2.75) is 45.8 Å². The lowest BCUT2D eigenvalue weighted by molar-refractivity contribution is -0.139. The van der Waals surface area contributed by atoms with Crippen LogP contribution in [0.25, 0.3) is 22.7 Å². The van der Waals surface area contributed by atoms with Gasteiger partial charge in [-0.3, -0.25) is 9.36 Å². The molecule has 0 unspecified atom stereocenters. The zero-order valence-electron chi connectivity index (χ0n) is 16.7. The van der Waals surface area contributed by atoms with E-state index >= 15 is 0 Å². The molecule has 1 saturated heterocycles. The molecule has 1 fully saturated rings. The molecule has 0 aromatic carbocycles. The third-order valence-corrected chi connectivity index (χ3v) is 5.17. The average Bonchev–Trinajstić information content (AvgIpc) is 3.40. The summed E-state index contributed by atoms with van der Waals surface area (Å²) in [5, 5.41) is 9.51. The summed E-state index contributed by atoms with van der Waals surface area (Å²) in [6.45, 7) is 4.32. The van der Waals surface area contributed by atoms with Crippen molar-refractivity contribution < 1.29 is 19.1 Å². The minimum absolute atomic E-state index is 0.0249. The fraction of sp³-hybridized carbons (Fsp3) is 0.429. The molecule has 3 aromatic rings. The van der Waals surface area contributed by atoms with E-state index in [1.165, 1.54) is 0 Å². The number of aliphatic carboxylic acids is 1. The van der Waals surface area contributed by atoms with Gasteiger partial charge in [-0.1, -0.05) is 24.4 Å². The van der Waals surface area contributed by atoms with Gasteiger partial charge in [0.2, 0.25) is 5.82 Å². The number of hydrogen-bond acceptors (Lipinski definition) is 6. The predicted molar refractivity (Wildman–Crippen MR) is 110 cm³/mol. The van der Waals surface area contributed by atoms with Crippen molar-refractivity contribution in [2.75, 3.05) is 6.61 Å². The van der Waals surface area contributed by atoms with Gasteiger partial charge < -0.3 is 14.3 Å². The van der Waals surface area contributed by atoms with Gasteiger partial charge in [-0.25, -0.2) is 15.0 Å². The summed E-state index contributed by atoms with van der Waals surface area (Å²) >= 11 is 6.42. The number of fused-ring (bicyclic) bond motifs is 1. The summed E-state index contributed by atoms with van der Waals surface area (Å²) < 4.78 is 13.5. The Kier molecular flexibility index (Phi) is 5.75. The van der Waals surface area contributed by atoms with E-state index in [1.807, 2.05) is 19.9 Å². The number of unbranched alkanes of at least 4 members (excludes halogenated alkanes) is 1. The van der Waals surface area contributed by atoms with E-state index in [0.29, 0.717) is 35.8 Å². The molecule has 0 spiro atoms. The van der Waals surface area contributed by atoms with Crippen molar-refractivity contribution >= 4 is 28.7 Å². The number of aromatic nitrogens is 4. The lowest BCUT2D eigenvalue weighted by Gasteiger charge is -2.20.